The van der Waals surface area contributed by atoms with Crippen LogP contribution in [0.25, 0.3) is 0 Å². The van der Waals surface area contributed by atoms with Crippen LogP contribution in [-0.2, 0) is 14.3 Å². The second-order valence-corrected chi connectivity index (χ2v) is 4.76. The number of rotatable bonds is 3. The van der Waals surface area contributed by atoms with E-state index in [-0.39, 0.29) is 17.8 Å². The molecule has 86 valence electrons. The molecule has 0 bridgehead atoms. The molecule has 1 aliphatic carbocycles. The Kier molecular flexibility index (Phi) is 3.37. The van der Waals surface area contributed by atoms with Crippen LogP contribution in [0.15, 0.2) is 0 Å². The summed E-state index contributed by atoms with van der Waals surface area (Å²) < 4.78 is 4.74. The summed E-state index contributed by atoms with van der Waals surface area (Å²) in [6.07, 6.45) is 2.04. The quantitative estimate of drug-likeness (QED) is 0.726. The maximum Gasteiger partial charge on any atom is 0.311 e. The van der Waals surface area contributed by atoms with Gasteiger partial charge in [-0.25, -0.2) is 0 Å². The molecule has 4 nitrogen and oxygen atoms in total. The number of carbonyl (C=O) groups excluding carboxylic acids is 1. The summed E-state index contributed by atoms with van der Waals surface area (Å²) in [6.45, 7) is 3.65. The third kappa shape index (κ3) is 2.30. The second-order valence-electron chi connectivity index (χ2n) is 4.76. The number of carboxylic acids is 1. The van der Waals surface area contributed by atoms with Crippen LogP contribution in [-0.4, -0.2) is 24.2 Å². The van der Waals surface area contributed by atoms with Gasteiger partial charge in [-0.05, 0) is 39.0 Å². The van der Waals surface area contributed by atoms with E-state index in [0.29, 0.717) is 12.8 Å². The van der Waals surface area contributed by atoms with E-state index in [9.17, 15) is 9.59 Å². The Hall–Kier alpha value is -1.06. The molecule has 1 saturated carbocycles. The predicted octanol–water partition coefficient (Wildman–Crippen LogP) is 1.69. The minimum absolute atomic E-state index is 0.117. The van der Waals surface area contributed by atoms with Crippen LogP contribution in [0.5, 0.6) is 0 Å². The van der Waals surface area contributed by atoms with E-state index >= 15 is 0 Å². The first kappa shape index (κ1) is 12.0. The maximum atomic E-state index is 11.5. The second kappa shape index (κ2) is 4.21. The number of carbonyl (C=O) groups is 2. The van der Waals surface area contributed by atoms with E-state index in [0.717, 1.165) is 6.42 Å². The predicted molar refractivity (Wildman–Crippen MR) is 54.3 cm³/mol. The van der Waals surface area contributed by atoms with Gasteiger partial charge in [0.2, 0.25) is 0 Å². The van der Waals surface area contributed by atoms with Gasteiger partial charge >= 0.3 is 11.9 Å². The normalized spacial score (nSPS) is 26.3. The highest BCUT2D eigenvalue weighted by atomic mass is 16.5. The molecule has 1 fully saturated rings. The first-order valence-electron chi connectivity index (χ1n) is 5.20. The Bertz CT molecular complexity index is 270. The highest BCUT2D eigenvalue weighted by Crippen LogP contribution is 2.43. The highest BCUT2D eigenvalue weighted by molar-refractivity contribution is 5.76. The van der Waals surface area contributed by atoms with Crippen LogP contribution in [0.2, 0.25) is 0 Å². The molecule has 4 heteroatoms. The Labute approximate surface area is 89.6 Å². The third-order valence-corrected chi connectivity index (χ3v) is 3.51. The summed E-state index contributed by atoms with van der Waals surface area (Å²) in [5.41, 5.74) is -0.570. The first-order valence-corrected chi connectivity index (χ1v) is 5.20. The number of esters is 1. The minimum Gasteiger partial charge on any atom is -0.481 e. The lowest BCUT2D eigenvalue weighted by Crippen LogP contribution is -2.33. The van der Waals surface area contributed by atoms with Crippen molar-refractivity contribution in [3.8, 4) is 0 Å². The number of hydrogen-bond donors (Lipinski definition) is 1. The molecule has 0 radical (unpaired) electrons. The van der Waals surface area contributed by atoms with Gasteiger partial charge in [0.25, 0.3) is 0 Å². The largest absolute Gasteiger partial charge is 0.481 e. The van der Waals surface area contributed by atoms with Crippen molar-refractivity contribution in [2.75, 3.05) is 7.11 Å². The van der Waals surface area contributed by atoms with Crippen molar-refractivity contribution in [3.63, 3.8) is 0 Å². The van der Waals surface area contributed by atoms with Gasteiger partial charge in [-0.3, -0.25) is 9.59 Å². The summed E-state index contributed by atoms with van der Waals surface area (Å²) >= 11 is 0. The summed E-state index contributed by atoms with van der Waals surface area (Å²) in [5.74, 6) is -1.18. The molecule has 0 aromatic carbocycles. The van der Waals surface area contributed by atoms with Crippen LogP contribution < -0.4 is 0 Å². The third-order valence-electron chi connectivity index (χ3n) is 3.51. The number of methoxy groups -OCH3 is 1. The van der Waals surface area contributed by atoms with Crippen LogP contribution >= 0.6 is 0 Å². The zero-order valence-electron chi connectivity index (χ0n) is 9.45. The van der Waals surface area contributed by atoms with Crippen molar-refractivity contribution >= 4 is 11.9 Å². The molecule has 0 aromatic rings. The van der Waals surface area contributed by atoms with Gasteiger partial charge in [-0.2, -0.15) is 0 Å². The molecule has 1 aliphatic rings. The van der Waals surface area contributed by atoms with E-state index in [2.05, 4.69) is 0 Å². The topological polar surface area (TPSA) is 63.6 Å². The van der Waals surface area contributed by atoms with Gasteiger partial charge in [0, 0.05) is 0 Å². The van der Waals surface area contributed by atoms with Gasteiger partial charge in [-0.1, -0.05) is 0 Å². The number of aliphatic carboxylic acids is 1. The average Bonchev–Trinajstić information content (AvgIpc) is 2.65. The van der Waals surface area contributed by atoms with Crippen LogP contribution in [0.3, 0.4) is 0 Å². The fourth-order valence-electron chi connectivity index (χ4n) is 2.29. The summed E-state index contributed by atoms with van der Waals surface area (Å²) in [5, 5.41) is 8.88. The molecule has 0 spiro atoms. The fourth-order valence-corrected chi connectivity index (χ4v) is 2.29. The molecule has 2 atom stereocenters. The molecule has 1 N–H and O–H groups in total. The molecule has 0 saturated heterocycles. The summed E-state index contributed by atoms with van der Waals surface area (Å²) in [4.78, 5) is 22.3. The van der Waals surface area contributed by atoms with Crippen LogP contribution in [0, 0.1) is 17.3 Å². The van der Waals surface area contributed by atoms with Gasteiger partial charge in [0.05, 0.1) is 18.4 Å². The Balaban J connectivity index is 2.67. The monoisotopic (exact) mass is 214 g/mol. The lowest BCUT2D eigenvalue weighted by Gasteiger charge is -2.28. The van der Waals surface area contributed by atoms with Gasteiger partial charge in [0.1, 0.15) is 0 Å². The molecule has 2 unspecified atom stereocenters. The Morgan fingerprint density at radius 1 is 1.33 bits per heavy atom. The van der Waals surface area contributed by atoms with Crippen molar-refractivity contribution in [2.24, 2.45) is 17.3 Å². The highest BCUT2D eigenvalue weighted by Gasteiger charge is 2.43. The average molecular weight is 214 g/mol. The van der Waals surface area contributed by atoms with E-state index in [4.69, 9.17) is 9.84 Å². The standard InChI is InChI=1S/C11H18O4/c1-11(2,10(14)15-3)8-5-4-7(6-8)9(12)13/h7-8H,4-6H2,1-3H3,(H,12,13). The SMILES string of the molecule is COC(=O)C(C)(C)C1CCC(C(=O)O)C1. The van der Waals surface area contributed by atoms with E-state index in [1.165, 1.54) is 7.11 Å². The molecular weight excluding hydrogens is 196 g/mol. The van der Waals surface area contributed by atoms with Crippen LogP contribution in [0.4, 0.5) is 0 Å². The smallest absolute Gasteiger partial charge is 0.311 e. The van der Waals surface area contributed by atoms with E-state index in [1.807, 2.05) is 13.8 Å². The molecule has 15 heavy (non-hydrogen) atoms. The molecule has 0 aromatic heterocycles. The van der Waals surface area contributed by atoms with E-state index < -0.39 is 11.4 Å². The van der Waals surface area contributed by atoms with Crippen molar-refractivity contribution in [1.29, 1.82) is 0 Å². The maximum absolute atomic E-state index is 11.5. The zero-order valence-corrected chi connectivity index (χ0v) is 9.45. The molecule has 1 rings (SSSR count). The van der Waals surface area contributed by atoms with Crippen molar-refractivity contribution in [3.05, 3.63) is 0 Å². The number of carboxylic acid groups (broad SMARTS) is 1. The number of ether oxygens (including phenoxy) is 1. The first-order chi connectivity index (χ1) is 6.89. The molecule has 0 heterocycles. The van der Waals surface area contributed by atoms with Crippen LogP contribution in [0.1, 0.15) is 33.1 Å². The van der Waals surface area contributed by atoms with Crippen molar-refractivity contribution < 1.29 is 19.4 Å². The molecule has 0 amide bonds. The van der Waals surface area contributed by atoms with Gasteiger partial charge < -0.3 is 9.84 Å². The van der Waals surface area contributed by atoms with E-state index in [1.54, 1.807) is 0 Å². The Morgan fingerprint density at radius 2 is 1.93 bits per heavy atom. The van der Waals surface area contributed by atoms with Gasteiger partial charge in [0.15, 0.2) is 0 Å². The summed E-state index contributed by atoms with van der Waals surface area (Å²) in [6, 6.07) is 0. The number of hydrogen-bond acceptors (Lipinski definition) is 3. The lowest BCUT2D eigenvalue weighted by molar-refractivity contribution is -0.154. The lowest BCUT2D eigenvalue weighted by atomic mass is 9.77. The zero-order chi connectivity index (χ0) is 11.6. The van der Waals surface area contributed by atoms with Crippen molar-refractivity contribution in [2.45, 2.75) is 33.1 Å². The fraction of sp³-hybridized carbons (Fsp3) is 0.818. The molecule has 0 aliphatic heterocycles. The Morgan fingerprint density at radius 3 is 2.33 bits per heavy atom. The summed E-state index contributed by atoms with van der Waals surface area (Å²) in [7, 11) is 1.37. The van der Waals surface area contributed by atoms with Crippen molar-refractivity contribution in [1.82, 2.24) is 0 Å². The van der Waals surface area contributed by atoms with Gasteiger partial charge in [-0.15, -0.1) is 0 Å². The molecular formula is C11H18O4. The minimum atomic E-state index is -0.752.